The van der Waals surface area contributed by atoms with E-state index in [0.29, 0.717) is 6.54 Å². The molecule has 1 N–H and O–H groups in total. The number of unbranched alkanes of at least 4 members (excludes halogenated alkanes) is 3. The van der Waals surface area contributed by atoms with Crippen LogP contribution in [0.15, 0.2) is 18.2 Å². The molecule has 0 aliphatic rings. The van der Waals surface area contributed by atoms with Crippen molar-refractivity contribution in [3.63, 3.8) is 0 Å². The van der Waals surface area contributed by atoms with Crippen LogP contribution in [0.2, 0.25) is 0 Å². The van der Waals surface area contributed by atoms with E-state index in [1.165, 1.54) is 6.07 Å². The van der Waals surface area contributed by atoms with E-state index in [1.807, 2.05) is 0 Å². The molecule has 0 saturated heterocycles. The topological polar surface area (TPSA) is 29.1 Å². The molecule has 18 heavy (non-hydrogen) atoms. The minimum Gasteiger partial charge on any atom is -0.352 e. The Hall–Kier alpha value is -0.970. The van der Waals surface area contributed by atoms with E-state index in [9.17, 15) is 13.6 Å². The van der Waals surface area contributed by atoms with Crippen molar-refractivity contribution < 1.29 is 13.6 Å². The summed E-state index contributed by atoms with van der Waals surface area (Å²) in [5, 5.41) is 3.50. The number of rotatable bonds is 7. The van der Waals surface area contributed by atoms with Gasteiger partial charge in [0.25, 0.3) is 5.91 Å². The van der Waals surface area contributed by atoms with E-state index >= 15 is 0 Å². The van der Waals surface area contributed by atoms with Gasteiger partial charge < -0.3 is 5.32 Å². The van der Waals surface area contributed by atoms with Crippen molar-refractivity contribution >= 4 is 21.8 Å². The number of hydrogen-bond acceptors (Lipinski definition) is 1. The Morgan fingerprint density at radius 2 is 1.72 bits per heavy atom. The van der Waals surface area contributed by atoms with Crippen molar-refractivity contribution in [2.45, 2.75) is 25.7 Å². The Kier molecular flexibility index (Phi) is 6.86. The zero-order valence-electron chi connectivity index (χ0n) is 10.0. The molecule has 0 atom stereocenters. The molecule has 0 aliphatic heterocycles. The van der Waals surface area contributed by atoms with Crippen LogP contribution in [-0.4, -0.2) is 17.8 Å². The quantitative estimate of drug-likeness (QED) is 0.603. The number of nitrogens with one attached hydrogen (secondary N) is 1. The number of halogens is 3. The third-order valence-corrected chi connectivity index (χ3v) is 3.10. The van der Waals surface area contributed by atoms with E-state index in [0.717, 1.165) is 43.1 Å². The molecule has 0 spiro atoms. The van der Waals surface area contributed by atoms with Gasteiger partial charge in [0.05, 0.1) is 0 Å². The Morgan fingerprint density at radius 3 is 2.33 bits per heavy atom. The molecule has 1 aromatic carbocycles. The van der Waals surface area contributed by atoms with Crippen LogP contribution in [0, 0.1) is 11.6 Å². The summed E-state index contributed by atoms with van der Waals surface area (Å²) in [4.78, 5) is 11.6. The van der Waals surface area contributed by atoms with Crippen LogP contribution in [0.4, 0.5) is 8.78 Å². The van der Waals surface area contributed by atoms with Crippen molar-refractivity contribution in [2.24, 2.45) is 0 Å². The summed E-state index contributed by atoms with van der Waals surface area (Å²) >= 11 is 3.34. The normalized spacial score (nSPS) is 10.4. The Labute approximate surface area is 114 Å². The average Bonchev–Trinajstić information content (AvgIpc) is 2.33. The summed E-state index contributed by atoms with van der Waals surface area (Å²) in [6.45, 7) is 0.439. The fraction of sp³-hybridized carbons (Fsp3) is 0.462. The number of alkyl halides is 1. The van der Waals surface area contributed by atoms with Gasteiger partial charge >= 0.3 is 0 Å². The lowest BCUT2D eigenvalue weighted by Crippen LogP contribution is -2.26. The highest BCUT2D eigenvalue weighted by Crippen LogP contribution is 2.11. The smallest absolute Gasteiger partial charge is 0.257 e. The summed E-state index contributed by atoms with van der Waals surface area (Å²) in [6, 6.07) is 3.39. The first-order valence-corrected chi connectivity index (χ1v) is 7.07. The molecular weight excluding hydrogens is 304 g/mol. The first kappa shape index (κ1) is 15.1. The first-order valence-electron chi connectivity index (χ1n) is 5.95. The third kappa shape index (κ3) is 4.72. The van der Waals surface area contributed by atoms with Gasteiger partial charge in [0, 0.05) is 11.9 Å². The maximum Gasteiger partial charge on any atom is 0.257 e. The summed E-state index contributed by atoms with van der Waals surface area (Å²) in [6.07, 6.45) is 3.98. The molecule has 100 valence electrons. The van der Waals surface area contributed by atoms with Crippen molar-refractivity contribution in [3.8, 4) is 0 Å². The Morgan fingerprint density at radius 1 is 1.11 bits per heavy atom. The largest absolute Gasteiger partial charge is 0.352 e. The molecule has 0 aromatic heterocycles. The fourth-order valence-corrected chi connectivity index (χ4v) is 1.97. The van der Waals surface area contributed by atoms with E-state index in [-0.39, 0.29) is 0 Å². The molecule has 5 heteroatoms. The maximum absolute atomic E-state index is 13.3. The monoisotopic (exact) mass is 319 g/mol. The number of carbonyl (C=O) groups is 1. The predicted octanol–water partition coefficient (Wildman–Crippen LogP) is 3.65. The van der Waals surface area contributed by atoms with Gasteiger partial charge in [0.15, 0.2) is 0 Å². The summed E-state index contributed by atoms with van der Waals surface area (Å²) in [5.41, 5.74) is -0.502. The standard InChI is InChI=1S/C13H16BrF2NO/c14-8-3-1-2-4-9-17-13(18)12-10(15)6-5-7-11(12)16/h5-7H,1-4,8-9H2,(H,17,18). The van der Waals surface area contributed by atoms with Crippen LogP contribution in [-0.2, 0) is 0 Å². The Bertz CT molecular complexity index is 378. The molecule has 0 heterocycles. The summed E-state index contributed by atoms with van der Waals surface area (Å²) in [7, 11) is 0. The average molecular weight is 320 g/mol. The van der Waals surface area contributed by atoms with Gasteiger partial charge in [-0.25, -0.2) is 8.78 Å². The van der Waals surface area contributed by atoms with Gasteiger partial charge in [-0.15, -0.1) is 0 Å². The molecular formula is C13H16BrF2NO. The van der Waals surface area contributed by atoms with E-state index in [1.54, 1.807) is 0 Å². The minimum atomic E-state index is -0.827. The number of amides is 1. The van der Waals surface area contributed by atoms with Crippen LogP contribution >= 0.6 is 15.9 Å². The first-order chi connectivity index (χ1) is 8.66. The fourth-order valence-electron chi connectivity index (χ4n) is 1.58. The van der Waals surface area contributed by atoms with Crippen LogP contribution in [0.1, 0.15) is 36.0 Å². The number of benzene rings is 1. The van der Waals surface area contributed by atoms with Gasteiger partial charge in [-0.2, -0.15) is 0 Å². The second-order valence-corrected chi connectivity index (χ2v) is 4.75. The molecule has 1 amide bonds. The molecule has 0 aliphatic carbocycles. The lowest BCUT2D eigenvalue weighted by atomic mass is 10.1. The number of carbonyl (C=O) groups excluding carboxylic acids is 1. The zero-order chi connectivity index (χ0) is 13.4. The highest BCUT2D eigenvalue weighted by molar-refractivity contribution is 9.09. The van der Waals surface area contributed by atoms with Crippen LogP contribution in [0.25, 0.3) is 0 Å². The molecule has 0 unspecified atom stereocenters. The highest BCUT2D eigenvalue weighted by atomic mass is 79.9. The molecule has 2 nitrogen and oxygen atoms in total. The van der Waals surface area contributed by atoms with Gasteiger partial charge in [0.1, 0.15) is 17.2 Å². The molecule has 1 aromatic rings. The van der Waals surface area contributed by atoms with Crippen LogP contribution in [0.5, 0.6) is 0 Å². The zero-order valence-corrected chi connectivity index (χ0v) is 11.6. The van der Waals surface area contributed by atoms with Gasteiger partial charge in [-0.05, 0) is 25.0 Å². The van der Waals surface area contributed by atoms with Crippen molar-refractivity contribution in [2.75, 3.05) is 11.9 Å². The molecule has 0 bridgehead atoms. The highest BCUT2D eigenvalue weighted by Gasteiger charge is 2.15. The van der Waals surface area contributed by atoms with E-state index < -0.39 is 23.1 Å². The summed E-state index contributed by atoms with van der Waals surface area (Å²) in [5.74, 6) is -2.34. The molecule has 1 rings (SSSR count). The van der Waals surface area contributed by atoms with Gasteiger partial charge in [-0.1, -0.05) is 34.8 Å². The Balaban J connectivity index is 2.37. The third-order valence-electron chi connectivity index (χ3n) is 2.54. The second-order valence-electron chi connectivity index (χ2n) is 3.96. The second kappa shape index (κ2) is 8.19. The minimum absolute atomic E-state index is 0.439. The molecule has 0 radical (unpaired) electrons. The van der Waals surface area contributed by atoms with Crippen molar-refractivity contribution in [1.29, 1.82) is 0 Å². The molecule has 0 saturated carbocycles. The lowest BCUT2D eigenvalue weighted by Gasteiger charge is -2.06. The van der Waals surface area contributed by atoms with Gasteiger partial charge in [-0.3, -0.25) is 4.79 Å². The molecule has 0 fully saturated rings. The number of hydrogen-bond donors (Lipinski definition) is 1. The van der Waals surface area contributed by atoms with Crippen molar-refractivity contribution in [1.82, 2.24) is 5.32 Å². The SMILES string of the molecule is O=C(NCCCCCCBr)c1c(F)cccc1F. The maximum atomic E-state index is 13.3. The van der Waals surface area contributed by atoms with Gasteiger partial charge in [0.2, 0.25) is 0 Å². The van der Waals surface area contributed by atoms with E-state index in [2.05, 4.69) is 21.2 Å². The summed E-state index contributed by atoms with van der Waals surface area (Å²) < 4.78 is 26.5. The van der Waals surface area contributed by atoms with Crippen molar-refractivity contribution in [3.05, 3.63) is 35.4 Å². The van der Waals surface area contributed by atoms with E-state index in [4.69, 9.17) is 0 Å². The lowest BCUT2D eigenvalue weighted by molar-refractivity contribution is 0.0944. The van der Waals surface area contributed by atoms with Crippen LogP contribution < -0.4 is 5.32 Å². The van der Waals surface area contributed by atoms with Crippen LogP contribution in [0.3, 0.4) is 0 Å². The predicted molar refractivity (Wildman–Crippen MR) is 71.0 cm³/mol.